The molecule has 0 amide bonds. The average molecular weight is 331 g/mol. The minimum absolute atomic E-state index is 0.0401. The van der Waals surface area contributed by atoms with Crippen LogP contribution in [-0.4, -0.2) is 21.0 Å². The summed E-state index contributed by atoms with van der Waals surface area (Å²) in [6, 6.07) is 21.7. The molecule has 1 atom stereocenters. The van der Waals surface area contributed by atoms with Crippen molar-refractivity contribution in [3.8, 4) is 0 Å². The first-order valence-corrected chi connectivity index (χ1v) is 8.17. The molecular weight excluding hydrogens is 314 g/mol. The highest BCUT2D eigenvalue weighted by Gasteiger charge is 2.14. The first-order chi connectivity index (χ1) is 12.2. The third-order valence-electron chi connectivity index (χ3n) is 4.25. The summed E-state index contributed by atoms with van der Waals surface area (Å²) in [5.41, 5.74) is 2.55. The van der Waals surface area contributed by atoms with Crippen LogP contribution >= 0.6 is 0 Å². The van der Waals surface area contributed by atoms with Gasteiger partial charge in [0.15, 0.2) is 0 Å². The Bertz CT molecular complexity index is 1050. The summed E-state index contributed by atoms with van der Waals surface area (Å²) in [5, 5.41) is 10.4. The Morgan fingerprint density at radius 1 is 1.04 bits per heavy atom. The van der Waals surface area contributed by atoms with Crippen molar-refractivity contribution in [2.24, 2.45) is 0 Å². The molecule has 0 unspecified atom stereocenters. The summed E-state index contributed by atoms with van der Waals surface area (Å²) in [6.45, 7) is 1.92. The maximum Gasteiger partial charge on any atom is 0.328 e. The van der Waals surface area contributed by atoms with E-state index in [0.717, 1.165) is 22.0 Å². The fourth-order valence-electron chi connectivity index (χ4n) is 2.92. The zero-order valence-corrected chi connectivity index (χ0v) is 13.8. The van der Waals surface area contributed by atoms with E-state index in [-0.39, 0.29) is 18.6 Å². The lowest BCUT2D eigenvalue weighted by atomic mass is 10.0. The molecule has 0 bridgehead atoms. The van der Waals surface area contributed by atoms with Crippen LogP contribution in [0.4, 0.5) is 0 Å². The molecule has 0 radical (unpaired) electrons. The summed E-state index contributed by atoms with van der Waals surface area (Å²) in [7, 11) is 0. The fourth-order valence-corrected chi connectivity index (χ4v) is 2.92. The van der Waals surface area contributed by atoms with Crippen LogP contribution < -0.4 is 0 Å². The topological polar surface area (TPSA) is 57.0 Å². The molecule has 0 aliphatic carbocycles. The highest BCUT2D eigenvalue weighted by Crippen LogP contribution is 2.23. The highest BCUT2D eigenvalue weighted by molar-refractivity contribution is 5.83. The molecule has 0 aliphatic heterocycles. The van der Waals surface area contributed by atoms with Crippen molar-refractivity contribution < 1.29 is 9.53 Å². The Labute approximate surface area is 144 Å². The molecule has 0 N–H and O–H groups in total. The van der Waals surface area contributed by atoms with Crippen LogP contribution in [0, 0.1) is 0 Å². The second-order valence-electron chi connectivity index (χ2n) is 5.97. The molecule has 5 heteroatoms. The number of hydrogen-bond donors (Lipinski definition) is 0. The lowest BCUT2D eigenvalue weighted by Crippen LogP contribution is -2.16. The van der Waals surface area contributed by atoms with Gasteiger partial charge >= 0.3 is 5.97 Å². The van der Waals surface area contributed by atoms with E-state index in [1.807, 2.05) is 55.5 Å². The summed E-state index contributed by atoms with van der Waals surface area (Å²) in [5.74, 6) is -0.337. The maximum atomic E-state index is 12.3. The van der Waals surface area contributed by atoms with Crippen LogP contribution in [0.3, 0.4) is 0 Å². The quantitative estimate of drug-likeness (QED) is 0.532. The van der Waals surface area contributed by atoms with Crippen molar-refractivity contribution in [3.05, 3.63) is 72.3 Å². The van der Waals surface area contributed by atoms with E-state index in [0.29, 0.717) is 0 Å². The maximum absolute atomic E-state index is 12.3. The van der Waals surface area contributed by atoms with Crippen molar-refractivity contribution in [2.75, 3.05) is 0 Å². The number of hydrogen-bond acceptors (Lipinski definition) is 4. The van der Waals surface area contributed by atoms with E-state index in [9.17, 15) is 4.79 Å². The number of para-hydroxylation sites is 1. The second-order valence-corrected chi connectivity index (χ2v) is 5.97. The van der Waals surface area contributed by atoms with E-state index in [1.54, 1.807) is 4.68 Å². The Balaban J connectivity index is 1.49. The van der Waals surface area contributed by atoms with Crippen LogP contribution in [0.15, 0.2) is 66.7 Å². The Morgan fingerprint density at radius 2 is 1.80 bits per heavy atom. The van der Waals surface area contributed by atoms with Crippen LogP contribution in [0.1, 0.15) is 18.6 Å². The van der Waals surface area contributed by atoms with E-state index in [2.05, 4.69) is 28.5 Å². The standard InChI is InChI=1S/C20H17N3O2/c1-14(16-11-10-15-6-2-3-7-17(15)12-16)25-20(24)13-23-19-9-5-4-8-18(19)21-22-23/h2-12,14H,13H2,1H3/t14-/m1/s1. The van der Waals surface area contributed by atoms with Gasteiger partial charge < -0.3 is 4.74 Å². The molecule has 0 saturated carbocycles. The van der Waals surface area contributed by atoms with Crippen LogP contribution in [0.2, 0.25) is 0 Å². The number of nitrogens with zero attached hydrogens (tertiary/aromatic N) is 3. The molecule has 4 aromatic rings. The van der Waals surface area contributed by atoms with Crippen LogP contribution in [-0.2, 0) is 16.1 Å². The molecular formula is C20H17N3O2. The van der Waals surface area contributed by atoms with Gasteiger partial charge in [0.05, 0.1) is 5.52 Å². The Kier molecular flexibility index (Phi) is 3.90. The molecule has 0 spiro atoms. The number of carbonyl (C=O) groups excluding carboxylic acids is 1. The van der Waals surface area contributed by atoms with Gasteiger partial charge in [-0.2, -0.15) is 0 Å². The summed E-state index contributed by atoms with van der Waals surface area (Å²) in [6.07, 6.45) is -0.327. The SMILES string of the molecule is C[C@@H](OC(=O)Cn1nnc2ccccc21)c1ccc2ccccc2c1. The average Bonchev–Trinajstić information content (AvgIpc) is 3.04. The van der Waals surface area contributed by atoms with Gasteiger partial charge in [0.2, 0.25) is 0 Å². The predicted molar refractivity (Wildman–Crippen MR) is 96.0 cm³/mol. The highest BCUT2D eigenvalue weighted by atomic mass is 16.5. The first-order valence-electron chi connectivity index (χ1n) is 8.17. The largest absolute Gasteiger partial charge is 0.456 e. The Morgan fingerprint density at radius 3 is 2.68 bits per heavy atom. The van der Waals surface area contributed by atoms with Crippen molar-refractivity contribution in [1.29, 1.82) is 0 Å². The number of rotatable bonds is 4. The summed E-state index contributed by atoms with van der Waals surface area (Å²) >= 11 is 0. The number of benzene rings is 3. The van der Waals surface area contributed by atoms with E-state index < -0.39 is 0 Å². The molecule has 5 nitrogen and oxygen atoms in total. The predicted octanol–water partition coefficient (Wildman–Crippen LogP) is 3.89. The van der Waals surface area contributed by atoms with Crippen LogP contribution in [0.5, 0.6) is 0 Å². The molecule has 4 rings (SSSR count). The lowest BCUT2D eigenvalue weighted by molar-refractivity contribution is -0.149. The van der Waals surface area contributed by atoms with Crippen molar-refractivity contribution in [2.45, 2.75) is 19.6 Å². The molecule has 3 aromatic carbocycles. The zero-order chi connectivity index (χ0) is 17.2. The van der Waals surface area contributed by atoms with Crippen LogP contribution in [0.25, 0.3) is 21.8 Å². The van der Waals surface area contributed by atoms with Crippen molar-refractivity contribution in [3.63, 3.8) is 0 Å². The van der Waals surface area contributed by atoms with Gasteiger partial charge in [-0.05, 0) is 41.5 Å². The zero-order valence-electron chi connectivity index (χ0n) is 13.8. The monoisotopic (exact) mass is 331 g/mol. The van der Waals surface area contributed by atoms with Gasteiger partial charge in [-0.1, -0.05) is 53.7 Å². The molecule has 0 fully saturated rings. The second kappa shape index (κ2) is 6.36. The van der Waals surface area contributed by atoms with Gasteiger partial charge in [-0.3, -0.25) is 4.79 Å². The lowest BCUT2D eigenvalue weighted by Gasteiger charge is -2.14. The normalized spacial score (nSPS) is 12.4. The van der Waals surface area contributed by atoms with Crippen molar-refractivity contribution in [1.82, 2.24) is 15.0 Å². The number of fused-ring (bicyclic) bond motifs is 2. The van der Waals surface area contributed by atoms with E-state index in [4.69, 9.17) is 4.74 Å². The summed E-state index contributed by atoms with van der Waals surface area (Å²) in [4.78, 5) is 12.3. The minimum atomic E-state index is -0.337. The number of esters is 1. The third kappa shape index (κ3) is 3.08. The Hall–Kier alpha value is -3.21. The number of aromatic nitrogens is 3. The molecule has 25 heavy (non-hydrogen) atoms. The van der Waals surface area contributed by atoms with Crippen molar-refractivity contribution >= 4 is 27.8 Å². The van der Waals surface area contributed by atoms with Gasteiger partial charge in [0.25, 0.3) is 0 Å². The third-order valence-corrected chi connectivity index (χ3v) is 4.25. The fraction of sp³-hybridized carbons (Fsp3) is 0.150. The molecule has 1 heterocycles. The smallest absolute Gasteiger partial charge is 0.328 e. The minimum Gasteiger partial charge on any atom is -0.456 e. The summed E-state index contributed by atoms with van der Waals surface area (Å²) < 4.78 is 7.14. The van der Waals surface area contributed by atoms with Gasteiger partial charge in [-0.25, -0.2) is 4.68 Å². The van der Waals surface area contributed by atoms with Gasteiger partial charge in [0.1, 0.15) is 18.2 Å². The first kappa shape index (κ1) is 15.3. The molecule has 124 valence electrons. The van der Waals surface area contributed by atoms with Gasteiger partial charge in [-0.15, -0.1) is 5.10 Å². The molecule has 0 saturated heterocycles. The number of carbonyl (C=O) groups is 1. The van der Waals surface area contributed by atoms with E-state index in [1.165, 1.54) is 5.39 Å². The molecule has 1 aromatic heterocycles. The van der Waals surface area contributed by atoms with Gasteiger partial charge in [0, 0.05) is 0 Å². The molecule has 0 aliphatic rings. The number of ether oxygens (including phenoxy) is 1. The van der Waals surface area contributed by atoms with E-state index >= 15 is 0 Å².